The Balaban J connectivity index is 2.50. The van der Waals surface area contributed by atoms with Gasteiger partial charge < -0.3 is 15.2 Å². The molecule has 3 atom stereocenters. The molecule has 3 unspecified atom stereocenters. The number of nitrogens with one attached hydrogen (secondary N) is 1. The van der Waals surface area contributed by atoms with Crippen molar-refractivity contribution in [3.8, 4) is 0 Å². The SMILES string of the molecule is CCCC(NC(=O)C1OCCC1C)C(=O)O. The molecule has 0 aliphatic carbocycles. The van der Waals surface area contributed by atoms with E-state index < -0.39 is 18.1 Å². The van der Waals surface area contributed by atoms with Crippen LogP contribution in [0.5, 0.6) is 0 Å². The Kier molecular flexibility index (Phi) is 4.73. The normalized spacial score (nSPS) is 26.4. The molecule has 1 saturated heterocycles. The summed E-state index contributed by atoms with van der Waals surface area (Å²) in [6, 6.07) is -0.797. The summed E-state index contributed by atoms with van der Waals surface area (Å²) in [5.41, 5.74) is 0. The average molecular weight is 229 g/mol. The molecule has 1 aliphatic heterocycles. The molecule has 1 fully saturated rings. The maximum atomic E-state index is 11.7. The first-order valence-electron chi connectivity index (χ1n) is 5.71. The van der Waals surface area contributed by atoms with Crippen LogP contribution in [0.3, 0.4) is 0 Å². The van der Waals surface area contributed by atoms with Crippen LogP contribution in [0.15, 0.2) is 0 Å². The monoisotopic (exact) mass is 229 g/mol. The second-order valence-corrected chi connectivity index (χ2v) is 4.25. The van der Waals surface area contributed by atoms with Crippen LogP contribution in [-0.2, 0) is 14.3 Å². The first-order chi connectivity index (χ1) is 7.56. The van der Waals surface area contributed by atoms with E-state index in [1.165, 1.54) is 0 Å². The quantitative estimate of drug-likeness (QED) is 0.730. The van der Waals surface area contributed by atoms with Crippen molar-refractivity contribution in [2.75, 3.05) is 6.61 Å². The van der Waals surface area contributed by atoms with E-state index >= 15 is 0 Å². The number of aliphatic carboxylic acids is 1. The molecule has 16 heavy (non-hydrogen) atoms. The molecule has 5 nitrogen and oxygen atoms in total. The summed E-state index contributed by atoms with van der Waals surface area (Å²) in [4.78, 5) is 22.6. The van der Waals surface area contributed by atoms with Gasteiger partial charge in [0, 0.05) is 6.61 Å². The topological polar surface area (TPSA) is 75.6 Å². The van der Waals surface area contributed by atoms with Gasteiger partial charge in [-0.3, -0.25) is 4.79 Å². The number of amides is 1. The van der Waals surface area contributed by atoms with Crippen molar-refractivity contribution in [2.24, 2.45) is 5.92 Å². The number of rotatable bonds is 5. The van der Waals surface area contributed by atoms with Gasteiger partial charge in [0.1, 0.15) is 12.1 Å². The number of carboxylic acid groups (broad SMARTS) is 1. The second-order valence-electron chi connectivity index (χ2n) is 4.25. The van der Waals surface area contributed by atoms with Crippen LogP contribution in [-0.4, -0.2) is 35.7 Å². The minimum absolute atomic E-state index is 0.163. The summed E-state index contributed by atoms with van der Waals surface area (Å²) in [7, 11) is 0. The van der Waals surface area contributed by atoms with Crippen LogP contribution in [0.1, 0.15) is 33.1 Å². The molecule has 0 aromatic rings. The van der Waals surface area contributed by atoms with Crippen molar-refractivity contribution in [1.82, 2.24) is 5.32 Å². The fraction of sp³-hybridized carbons (Fsp3) is 0.818. The van der Waals surface area contributed by atoms with Crippen LogP contribution in [0, 0.1) is 5.92 Å². The van der Waals surface area contributed by atoms with Crippen LogP contribution in [0.25, 0.3) is 0 Å². The summed E-state index contributed by atoms with van der Waals surface area (Å²) >= 11 is 0. The van der Waals surface area contributed by atoms with Gasteiger partial charge in [-0.15, -0.1) is 0 Å². The third-order valence-electron chi connectivity index (χ3n) is 2.84. The Bertz CT molecular complexity index is 267. The fourth-order valence-electron chi connectivity index (χ4n) is 1.83. The Morgan fingerprint density at radius 3 is 2.69 bits per heavy atom. The molecule has 92 valence electrons. The largest absolute Gasteiger partial charge is 0.480 e. The van der Waals surface area contributed by atoms with Crippen molar-refractivity contribution >= 4 is 11.9 Å². The van der Waals surface area contributed by atoms with E-state index in [0.717, 1.165) is 12.8 Å². The van der Waals surface area contributed by atoms with Crippen LogP contribution in [0.4, 0.5) is 0 Å². The molecule has 0 bridgehead atoms. The fourth-order valence-corrected chi connectivity index (χ4v) is 1.83. The minimum Gasteiger partial charge on any atom is -0.480 e. The zero-order valence-corrected chi connectivity index (χ0v) is 9.73. The molecule has 5 heteroatoms. The highest BCUT2D eigenvalue weighted by atomic mass is 16.5. The summed E-state index contributed by atoms with van der Waals surface area (Å²) in [5.74, 6) is -1.12. The van der Waals surface area contributed by atoms with Crippen molar-refractivity contribution in [1.29, 1.82) is 0 Å². The van der Waals surface area contributed by atoms with E-state index in [9.17, 15) is 9.59 Å². The van der Waals surface area contributed by atoms with E-state index in [1.807, 2.05) is 13.8 Å². The predicted octanol–water partition coefficient (Wildman–Crippen LogP) is 0.781. The summed E-state index contributed by atoms with van der Waals surface area (Å²) in [6.07, 6.45) is 1.53. The average Bonchev–Trinajstić information content (AvgIpc) is 2.63. The smallest absolute Gasteiger partial charge is 0.326 e. The van der Waals surface area contributed by atoms with Gasteiger partial charge in [0.15, 0.2) is 0 Å². The van der Waals surface area contributed by atoms with E-state index in [4.69, 9.17) is 9.84 Å². The molecule has 0 radical (unpaired) electrons. The molecule has 1 aliphatic rings. The molecule has 1 rings (SSSR count). The molecule has 0 spiro atoms. The highest BCUT2D eigenvalue weighted by Gasteiger charge is 2.32. The Morgan fingerprint density at radius 2 is 2.25 bits per heavy atom. The van der Waals surface area contributed by atoms with Gasteiger partial charge in [0.2, 0.25) is 5.91 Å². The van der Waals surface area contributed by atoms with Crippen molar-refractivity contribution in [3.05, 3.63) is 0 Å². The lowest BCUT2D eigenvalue weighted by Gasteiger charge is -2.18. The summed E-state index contributed by atoms with van der Waals surface area (Å²) in [6.45, 7) is 4.40. The first-order valence-corrected chi connectivity index (χ1v) is 5.71. The number of carbonyl (C=O) groups excluding carboxylic acids is 1. The Labute approximate surface area is 95.2 Å². The molecular weight excluding hydrogens is 210 g/mol. The molecule has 0 aromatic carbocycles. The van der Waals surface area contributed by atoms with Gasteiger partial charge in [0.05, 0.1) is 0 Å². The molecule has 1 heterocycles. The molecule has 0 aromatic heterocycles. The maximum absolute atomic E-state index is 11.7. The molecule has 1 amide bonds. The Morgan fingerprint density at radius 1 is 1.56 bits per heavy atom. The van der Waals surface area contributed by atoms with Gasteiger partial charge in [0.25, 0.3) is 0 Å². The highest BCUT2D eigenvalue weighted by Crippen LogP contribution is 2.20. The number of hydrogen-bond donors (Lipinski definition) is 2. The van der Waals surface area contributed by atoms with Gasteiger partial charge >= 0.3 is 5.97 Å². The lowest BCUT2D eigenvalue weighted by atomic mass is 10.0. The summed E-state index contributed by atoms with van der Waals surface area (Å²) < 4.78 is 5.28. The highest BCUT2D eigenvalue weighted by molar-refractivity contribution is 5.86. The minimum atomic E-state index is -0.985. The van der Waals surface area contributed by atoms with Crippen LogP contribution in [0.2, 0.25) is 0 Å². The lowest BCUT2D eigenvalue weighted by molar-refractivity contribution is -0.144. The van der Waals surface area contributed by atoms with E-state index in [0.29, 0.717) is 13.0 Å². The van der Waals surface area contributed by atoms with Crippen molar-refractivity contribution in [2.45, 2.75) is 45.3 Å². The zero-order valence-electron chi connectivity index (χ0n) is 9.73. The molecular formula is C11H19NO4. The third-order valence-corrected chi connectivity index (χ3v) is 2.84. The molecule has 0 saturated carbocycles. The van der Waals surface area contributed by atoms with Crippen molar-refractivity contribution in [3.63, 3.8) is 0 Å². The third kappa shape index (κ3) is 3.20. The number of hydrogen-bond acceptors (Lipinski definition) is 3. The first kappa shape index (κ1) is 13.0. The van der Waals surface area contributed by atoms with E-state index in [-0.39, 0.29) is 11.8 Å². The van der Waals surface area contributed by atoms with Crippen LogP contribution < -0.4 is 5.32 Å². The number of carbonyl (C=O) groups is 2. The Hall–Kier alpha value is -1.10. The number of carboxylic acids is 1. The predicted molar refractivity (Wildman–Crippen MR) is 58.0 cm³/mol. The lowest BCUT2D eigenvalue weighted by Crippen LogP contribution is -2.46. The van der Waals surface area contributed by atoms with Crippen molar-refractivity contribution < 1.29 is 19.4 Å². The van der Waals surface area contributed by atoms with Crippen LogP contribution >= 0.6 is 0 Å². The van der Waals surface area contributed by atoms with Gasteiger partial charge in [-0.1, -0.05) is 20.3 Å². The van der Waals surface area contributed by atoms with Gasteiger partial charge in [-0.2, -0.15) is 0 Å². The molecule has 2 N–H and O–H groups in total. The zero-order chi connectivity index (χ0) is 12.1. The standard InChI is InChI=1S/C11H19NO4/c1-3-4-8(11(14)15)12-10(13)9-7(2)5-6-16-9/h7-9H,3-6H2,1-2H3,(H,12,13)(H,14,15). The van der Waals surface area contributed by atoms with Gasteiger partial charge in [-0.25, -0.2) is 4.79 Å². The second kappa shape index (κ2) is 5.84. The van der Waals surface area contributed by atoms with E-state index in [2.05, 4.69) is 5.32 Å². The van der Waals surface area contributed by atoms with E-state index in [1.54, 1.807) is 0 Å². The van der Waals surface area contributed by atoms with Gasteiger partial charge in [-0.05, 0) is 18.8 Å². The maximum Gasteiger partial charge on any atom is 0.326 e. The summed E-state index contributed by atoms with van der Waals surface area (Å²) in [5, 5.41) is 11.4. The number of ether oxygens (including phenoxy) is 1.